The Morgan fingerprint density at radius 1 is 1.13 bits per heavy atom. The van der Waals surface area contributed by atoms with Crippen LogP contribution in [-0.4, -0.2) is 46.4 Å². The molecule has 118 valence electrons. The van der Waals surface area contributed by atoms with Gasteiger partial charge in [0.25, 0.3) is 5.91 Å². The van der Waals surface area contributed by atoms with E-state index >= 15 is 0 Å². The van der Waals surface area contributed by atoms with Gasteiger partial charge in [-0.05, 0) is 24.3 Å². The number of rotatable bonds is 2. The van der Waals surface area contributed by atoms with Gasteiger partial charge >= 0.3 is 0 Å². The molecule has 0 radical (unpaired) electrons. The standard InChI is InChI=1S/C16H15FN4OS/c17-12-1-3-13(4-2-12)19-7-9-20(10-8-19)15(22)14-11-23-16-18-5-6-21(14)16/h1-6,11H,7-10H2. The van der Waals surface area contributed by atoms with Gasteiger partial charge < -0.3 is 9.80 Å². The normalized spacial score (nSPS) is 15.3. The average Bonchev–Trinajstić information content (AvgIpc) is 3.18. The quantitative estimate of drug-likeness (QED) is 0.725. The highest BCUT2D eigenvalue weighted by molar-refractivity contribution is 7.15. The molecule has 5 nitrogen and oxygen atoms in total. The van der Waals surface area contributed by atoms with Crippen LogP contribution in [-0.2, 0) is 0 Å². The van der Waals surface area contributed by atoms with E-state index in [1.54, 1.807) is 18.3 Å². The van der Waals surface area contributed by atoms with E-state index in [4.69, 9.17) is 0 Å². The van der Waals surface area contributed by atoms with Crippen LogP contribution in [0.25, 0.3) is 4.96 Å². The van der Waals surface area contributed by atoms with Crippen LogP contribution in [0.4, 0.5) is 10.1 Å². The third-order valence-corrected chi connectivity index (χ3v) is 4.97. The minimum Gasteiger partial charge on any atom is -0.368 e. The molecular weight excluding hydrogens is 315 g/mol. The van der Waals surface area contributed by atoms with Gasteiger partial charge in [-0.15, -0.1) is 11.3 Å². The molecule has 0 N–H and O–H groups in total. The van der Waals surface area contributed by atoms with Crippen LogP contribution in [0.1, 0.15) is 10.5 Å². The summed E-state index contributed by atoms with van der Waals surface area (Å²) < 4.78 is 14.8. The van der Waals surface area contributed by atoms with Crippen LogP contribution in [0.2, 0.25) is 0 Å². The van der Waals surface area contributed by atoms with Crippen molar-refractivity contribution in [3.05, 3.63) is 53.6 Å². The number of anilines is 1. The van der Waals surface area contributed by atoms with Gasteiger partial charge in [-0.2, -0.15) is 0 Å². The lowest BCUT2D eigenvalue weighted by atomic mass is 10.2. The van der Waals surface area contributed by atoms with Crippen LogP contribution < -0.4 is 4.90 Å². The van der Waals surface area contributed by atoms with Crippen LogP contribution in [0.15, 0.2) is 42.0 Å². The fourth-order valence-corrected chi connectivity index (χ4v) is 3.69. The maximum atomic E-state index is 13.0. The summed E-state index contributed by atoms with van der Waals surface area (Å²) >= 11 is 1.47. The summed E-state index contributed by atoms with van der Waals surface area (Å²) in [6, 6.07) is 6.49. The van der Waals surface area contributed by atoms with Gasteiger partial charge in [0.1, 0.15) is 11.5 Å². The van der Waals surface area contributed by atoms with Crippen LogP contribution >= 0.6 is 11.3 Å². The lowest BCUT2D eigenvalue weighted by Gasteiger charge is -2.36. The summed E-state index contributed by atoms with van der Waals surface area (Å²) in [6.45, 7) is 2.80. The van der Waals surface area contributed by atoms with E-state index in [2.05, 4.69) is 9.88 Å². The van der Waals surface area contributed by atoms with Gasteiger partial charge in [0.15, 0.2) is 4.96 Å². The smallest absolute Gasteiger partial charge is 0.271 e. The SMILES string of the molecule is O=C(c1csc2nccn12)N1CCN(c2ccc(F)cc2)CC1. The van der Waals surface area contributed by atoms with E-state index in [-0.39, 0.29) is 11.7 Å². The molecule has 1 saturated heterocycles. The molecule has 4 rings (SSSR count). The number of fused-ring (bicyclic) bond motifs is 1. The highest BCUT2D eigenvalue weighted by Gasteiger charge is 2.24. The number of hydrogen-bond donors (Lipinski definition) is 0. The number of hydrogen-bond acceptors (Lipinski definition) is 4. The second-order valence-corrected chi connectivity index (χ2v) is 6.29. The van der Waals surface area contributed by atoms with Crippen molar-refractivity contribution >= 4 is 27.9 Å². The molecule has 1 fully saturated rings. The Labute approximate surface area is 136 Å². The lowest BCUT2D eigenvalue weighted by molar-refractivity contribution is 0.0740. The summed E-state index contributed by atoms with van der Waals surface area (Å²) in [5.74, 6) is -0.197. The number of nitrogens with zero attached hydrogens (tertiary/aromatic N) is 4. The second kappa shape index (κ2) is 5.66. The van der Waals surface area contributed by atoms with Crippen molar-refractivity contribution in [1.82, 2.24) is 14.3 Å². The van der Waals surface area contributed by atoms with Gasteiger partial charge in [-0.3, -0.25) is 9.20 Å². The largest absolute Gasteiger partial charge is 0.368 e. The number of halogens is 1. The third kappa shape index (κ3) is 2.57. The number of piperazine rings is 1. The fraction of sp³-hybridized carbons (Fsp3) is 0.250. The molecule has 0 unspecified atom stereocenters. The van der Waals surface area contributed by atoms with Gasteiger partial charge in [0.05, 0.1) is 0 Å². The first-order valence-corrected chi connectivity index (χ1v) is 8.31. The van der Waals surface area contributed by atoms with Crippen molar-refractivity contribution < 1.29 is 9.18 Å². The Morgan fingerprint density at radius 3 is 2.61 bits per heavy atom. The van der Waals surface area contributed by atoms with Gasteiger partial charge in [0.2, 0.25) is 0 Å². The zero-order valence-electron chi connectivity index (χ0n) is 12.4. The molecule has 1 aliphatic rings. The number of aromatic nitrogens is 2. The van der Waals surface area contributed by atoms with E-state index in [0.29, 0.717) is 18.8 Å². The van der Waals surface area contributed by atoms with Crippen molar-refractivity contribution in [2.45, 2.75) is 0 Å². The first kappa shape index (κ1) is 14.2. The molecule has 3 aromatic rings. The Balaban J connectivity index is 1.46. The first-order chi connectivity index (χ1) is 11.2. The van der Waals surface area contributed by atoms with Crippen LogP contribution in [0, 0.1) is 5.82 Å². The van der Waals surface area contributed by atoms with Crippen LogP contribution in [0.3, 0.4) is 0 Å². The van der Waals surface area contributed by atoms with E-state index in [9.17, 15) is 9.18 Å². The van der Waals surface area contributed by atoms with Gasteiger partial charge in [0, 0.05) is 49.6 Å². The maximum Gasteiger partial charge on any atom is 0.271 e. The molecule has 0 aliphatic carbocycles. The summed E-state index contributed by atoms with van der Waals surface area (Å²) in [6.07, 6.45) is 3.52. The number of benzene rings is 1. The lowest BCUT2D eigenvalue weighted by Crippen LogP contribution is -2.49. The molecule has 1 amide bonds. The molecule has 0 saturated carbocycles. The minimum atomic E-state index is -0.232. The molecule has 7 heteroatoms. The van der Waals surface area contributed by atoms with E-state index in [1.807, 2.05) is 20.9 Å². The zero-order valence-corrected chi connectivity index (χ0v) is 13.2. The average molecular weight is 330 g/mol. The summed E-state index contributed by atoms with van der Waals surface area (Å²) in [4.78, 5) is 21.7. The zero-order chi connectivity index (χ0) is 15.8. The molecule has 23 heavy (non-hydrogen) atoms. The number of amides is 1. The first-order valence-electron chi connectivity index (χ1n) is 7.43. The van der Waals surface area contributed by atoms with Gasteiger partial charge in [-0.25, -0.2) is 9.37 Å². The molecule has 0 spiro atoms. The van der Waals surface area contributed by atoms with Crippen molar-refractivity contribution in [2.75, 3.05) is 31.1 Å². The minimum absolute atomic E-state index is 0.0352. The highest BCUT2D eigenvalue weighted by atomic mass is 32.1. The summed E-state index contributed by atoms with van der Waals surface area (Å²) in [7, 11) is 0. The number of carbonyl (C=O) groups is 1. The maximum absolute atomic E-state index is 13.0. The molecular formula is C16H15FN4OS. The van der Waals surface area contributed by atoms with E-state index in [1.165, 1.54) is 23.5 Å². The Kier molecular flexibility index (Phi) is 3.49. The van der Waals surface area contributed by atoms with Crippen molar-refractivity contribution in [3.63, 3.8) is 0 Å². The number of thiazole rings is 1. The highest BCUT2D eigenvalue weighted by Crippen LogP contribution is 2.20. The molecule has 0 bridgehead atoms. The third-order valence-electron chi connectivity index (χ3n) is 4.12. The Hall–Kier alpha value is -2.41. The predicted molar refractivity (Wildman–Crippen MR) is 87.6 cm³/mol. The van der Waals surface area contributed by atoms with E-state index < -0.39 is 0 Å². The summed E-state index contributed by atoms with van der Waals surface area (Å²) in [5.41, 5.74) is 1.66. The topological polar surface area (TPSA) is 40.9 Å². The summed E-state index contributed by atoms with van der Waals surface area (Å²) in [5, 5.41) is 1.86. The predicted octanol–water partition coefficient (Wildman–Crippen LogP) is 2.50. The molecule has 3 heterocycles. The Bertz CT molecular complexity index is 833. The number of carbonyl (C=O) groups excluding carboxylic acids is 1. The van der Waals surface area contributed by atoms with Crippen molar-refractivity contribution in [1.29, 1.82) is 0 Å². The molecule has 0 atom stereocenters. The van der Waals surface area contributed by atoms with E-state index in [0.717, 1.165) is 23.7 Å². The fourth-order valence-electron chi connectivity index (χ4n) is 2.86. The molecule has 2 aromatic heterocycles. The Morgan fingerprint density at radius 2 is 1.87 bits per heavy atom. The van der Waals surface area contributed by atoms with Crippen molar-refractivity contribution in [3.8, 4) is 0 Å². The number of imidazole rings is 1. The van der Waals surface area contributed by atoms with Crippen molar-refractivity contribution in [2.24, 2.45) is 0 Å². The van der Waals surface area contributed by atoms with Gasteiger partial charge in [-0.1, -0.05) is 0 Å². The second-order valence-electron chi connectivity index (χ2n) is 5.46. The molecule has 1 aliphatic heterocycles. The monoisotopic (exact) mass is 330 g/mol. The van der Waals surface area contributed by atoms with Crippen LogP contribution in [0.5, 0.6) is 0 Å². The molecule has 1 aromatic carbocycles.